The number of hydrogen-bond donors (Lipinski definition) is 1. The first-order chi connectivity index (χ1) is 15.4. The minimum absolute atomic E-state index is 0.0918. The van der Waals surface area contributed by atoms with Gasteiger partial charge in [-0.3, -0.25) is 4.79 Å². The highest BCUT2D eigenvalue weighted by Gasteiger charge is 2.74. The molecule has 178 valence electrons. The zero-order chi connectivity index (χ0) is 24.7. The topological polar surface area (TPSA) is 49.8 Å². The fraction of sp³-hybridized carbons (Fsp3) is 0.433. The maximum atomic E-state index is 10.6. The summed E-state index contributed by atoms with van der Waals surface area (Å²) in [4.78, 5) is 10.6. The summed E-state index contributed by atoms with van der Waals surface area (Å²) in [5, 5.41) is 10.2. The van der Waals surface area contributed by atoms with E-state index >= 15 is 0 Å². The Balaban J connectivity index is 1.92. The van der Waals surface area contributed by atoms with Crippen LogP contribution in [-0.2, 0) is 9.53 Å². The predicted octanol–water partition coefficient (Wildman–Crippen LogP) is 6.90. The van der Waals surface area contributed by atoms with Crippen molar-refractivity contribution in [2.75, 3.05) is 0 Å². The van der Waals surface area contributed by atoms with E-state index in [2.05, 4.69) is 71.1 Å². The van der Waals surface area contributed by atoms with E-state index in [4.69, 9.17) is 4.74 Å². The molecule has 0 spiro atoms. The molecular weight excluding hydrogens is 408 g/mol. The summed E-state index contributed by atoms with van der Waals surface area (Å²) >= 11 is 0. The molecule has 0 aromatic rings. The Morgan fingerprint density at radius 3 is 1.76 bits per heavy atom. The first-order valence-electron chi connectivity index (χ1n) is 11.7. The summed E-state index contributed by atoms with van der Waals surface area (Å²) in [6.07, 6.45) is 26.4. The van der Waals surface area contributed by atoms with Gasteiger partial charge in [0.25, 0.3) is 0 Å². The standard InChI is InChI=1S/C30H40O3/c1-23(12-8-9-13-24(2)15-11-17-26(4)22-31)14-10-16-25(3)18-19-30-28(5,6)20-27(32)21-29(30,7)33-30/h8-19,22,27,32H,20-21H2,1-7H3/b9-8+,14-10+,15-11+,19-18+,23-12+,24-13+,25-16+,26-17-/t27-,29+,30-/m0/s1. The number of carbonyl (C=O) groups is 1. The van der Waals surface area contributed by atoms with Crippen molar-refractivity contribution in [3.8, 4) is 0 Å². The Hall–Kier alpha value is -2.49. The van der Waals surface area contributed by atoms with E-state index in [1.807, 2.05) is 37.3 Å². The third-order valence-corrected chi connectivity index (χ3v) is 6.54. The van der Waals surface area contributed by atoms with Crippen molar-refractivity contribution >= 4 is 6.29 Å². The Morgan fingerprint density at radius 1 is 0.758 bits per heavy atom. The highest BCUT2D eigenvalue weighted by molar-refractivity contribution is 5.72. The van der Waals surface area contributed by atoms with Gasteiger partial charge in [-0.15, -0.1) is 0 Å². The largest absolute Gasteiger partial charge is 0.393 e. The molecule has 0 unspecified atom stereocenters. The van der Waals surface area contributed by atoms with Crippen molar-refractivity contribution in [1.29, 1.82) is 0 Å². The third kappa shape index (κ3) is 6.99. The molecule has 1 heterocycles. The van der Waals surface area contributed by atoms with E-state index in [-0.39, 0.29) is 22.7 Å². The molecule has 1 saturated heterocycles. The molecule has 0 bridgehead atoms. The number of ether oxygens (including phenoxy) is 1. The number of aldehydes is 1. The monoisotopic (exact) mass is 448 g/mol. The summed E-state index contributed by atoms with van der Waals surface area (Å²) in [6.45, 7) is 14.4. The lowest BCUT2D eigenvalue weighted by Crippen LogP contribution is -2.46. The van der Waals surface area contributed by atoms with Gasteiger partial charge < -0.3 is 9.84 Å². The van der Waals surface area contributed by atoms with Crippen LogP contribution in [0, 0.1) is 5.41 Å². The van der Waals surface area contributed by atoms with Crippen LogP contribution in [0.5, 0.6) is 0 Å². The molecule has 0 radical (unpaired) electrons. The molecule has 3 atom stereocenters. The molecule has 1 aliphatic carbocycles. The van der Waals surface area contributed by atoms with Crippen molar-refractivity contribution in [3.05, 3.63) is 95.2 Å². The van der Waals surface area contributed by atoms with Gasteiger partial charge in [0.15, 0.2) is 0 Å². The highest BCUT2D eigenvalue weighted by Crippen LogP contribution is 2.66. The van der Waals surface area contributed by atoms with Gasteiger partial charge in [-0.25, -0.2) is 0 Å². The average molecular weight is 449 g/mol. The maximum Gasteiger partial charge on any atom is 0.145 e. The fourth-order valence-electron chi connectivity index (χ4n) is 4.65. The van der Waals surface area contributed by atoms with Crippen LogP contribution < -0.4 is 0 Å². The van der Waals surface area contributed by atoms with Gasteiger partial charge in [-0.1, -0.05) is 97.4 Å². The van der Waals surface area contributed by atoms with Crippen LogP contribution in [0.3, 0.4) is 0 Å². The number of rotatable bonds is 9. The second-order valence-electron chi connectivity index (χ2n) is 10.2. The van der Waals surface area contributed by atoms with Crippen LogP contribution in [0.15, 0.2) is 95.2 Å². The lowest BCUT2D eigenvalue weighted by molar-refractivity contribution is -0.104. The third-order valence-electron chi connectivity index (χ3n) is 6.54. The molecule has 0 amide bonds. The summed E-state index contributed by atoms with van der Waals surface area (Å²) < 4.78 is 6.21. The number of fused-ring (bicyclic) bond motifs is 1. The van der Waals surface area contributed by atoms with Crippen molar-refractivity contribution in [2.24, 2.45) is 5.41 Å². The minimum Gasteiger partial charge on any atom is -0.393 e. The molecule has 3 heteroatoms. The van der Waals surface area contributed by atoms with Crippen molar-refractivity contribution in [3.63, 3.8) is 0 Å². The average Bonchev–Trinajstić information content (AvgIpc) is 3.35. The number of epoxide rings is 1. The number of aliphatic hydroxyl groups is 1. The van der Waals surface area contributed by atoms with E-state index in [0.29, 0.717) is 12.0 Å². The molecular formula is C30H40O3. The summed E-state index contributed by atoms with van der Waals surface area (Å²) in [5.74, 6) is 0. The molecule has 1 N–H and O–H groups in total. The van der Waals surface area contributed by atoms with Crippen LogP contribution in [-0.4, -0.2) is 28.7 Å². The van der Waals surface area contributed by atoms with Crippen LogP contribution in [0.4, 0.5) is 0 Å². The Labute approximate surface area is 200 Å². The Kier molecular flexibility index (Phi) is 8.99. The lowest BCUT2D eigenvalue weighted by Gasteiger charge is -2.39. The van der Waals surface area contributed by atoms with Crippen LogP contribution in [0.25, 0.3) is 0 Å². The van der Waals surface area contributed by atoms with Gasteiger partial charge in [0.05, 0.1) is 6.10 Å². The molecule has 0 aromatic heterocycles. The molecule has 2 fully saturated rings. The molecule has 1 saturated carbocycles. The summed E-state index contributed by atoms with van der Waals surface area (Å²) in [5.41, 5.74) is 3.49. The second kappa shape index (κ2) is 11.1. The van der Waals surface area contributed by atoms with Gasteiger partial charge in [0, 0.05) is 11.8 Å². The highest BCUT2D eigenvalue weighted by atomic mass is 16.6. The first kappa shape index (κ1) is 26.8. The molecule has 2 rings (SSSR count). The fourth-order valence-corrected chi connectivity index (χ4v) is 4.65. The molecule has 3 nitrogen and oxygen atoms in total. The normalized spacial score (nSPS) is 31.2. The Bertz CT molecular complexity index is 965. The maximum absolute atomic E-state index is 10.6. The molecule has 1 aliphatic heterocycles. The first-order valence-corrected chi connectivity index (χ1v) is 11.7. The van der Waals surface area contributed by atoms with E-state index in [1.54, 1.807) is 13.0 Å². The van der Waals surface area contributed by atoms with Gasteiger partial charge in [-0.2, -0.15) is 0 Å². The summed E-state index contributed by atoms with van der Waals surface area (Å²) in [6, 6.07) is 0. The number of hydrogen-bond acceptors (Lipinski definition) is 3. The second-order valence-corrected chi connectivity index (χ2v) is 10.2. The lowest BCUT2D eigenvalue weighted by atomic mass is 9.63. The van der Waals surface area contributed by atoms with E-state index < -0.39 is 0 Å². The minimum atomic E-state index is -0.289. The molecule has 33 heavy (non-hydrogen) atoms. The number of allylic oxidation sites excluding steroid dienone is 15. The van der Waals surface area contributed by atoms with Crippen LogP contribution in [0.2, 0.25) is 0 Å². The van der Waals surface area contributed by atoms with Gasteiger partial charge in [-0.05, 0) is 52.7 Å². The van der Waals surface area contributed by atoms with Gasteiger partial charge in [0.1, 0.15) is 17.5 Å². The smallest absolute Gasteiger partial charge is 0.145 e. The van der Waals surface area contributed by atoms with Crippen molar-refractivity contribution in [1.82, 2.24) is 0 Å². The molecule has 2 aliphatic rings. The number of carbonyl (C=O) groups excluding carboxylic acids is 1. The Morgan fingerprint density at radius 2 is 1.24 bits per heavy atom. The predicted molar refractivity (Wildman–Crippen MR) is 139 cm³/mol. The van der Waals surface area contributed by atoms with Gasteiger partial charge in [0.2, 0.25) is 0 Å². The van der Waals surface area contributed by atoms with E-state index in [0.717, 1.165) is 29.4 Å². The zero-order valence-corrected chi connectivity index (χ0v) is 21.3. The van der Waals surface area contributed by atoms with Crippen LogP contribution in [0.1, 0.15) is 61.3 Å². The zero-order valence-electron chi connectivity index (χ0n) is 21.3. The van der Waals surface area contributed by atoms with Gasteiger partial charge >= 0.3 is 0 Å². The van der Waals surface area contributed by atoms with Crippen molar-refractivity contribution < 1.29 is 14.6 Å². The van der Waals surface area contributed by atoms with Crippen LogP contribution >= 0.6 is 0 Å². The van der Waals surface area contributed by atoms with E-state index in [9.17, 15) is 9.90 Å². The summed E-state index contributed by atoms with van der Waals surface area (Å²) in [7, 11) is 0. The SMILES string of the molecule is C/C(C=O)=C/C=C/C(C)=C/C=C/C=C(C)/C=C/C=C(C)/C=C/[C@@]12O[C@]1(C)C[C@@H](O)CC2(C)C. The quantitative estimate of drug-likeness (QED) is 0.181. The molecule has 0 aromatic carbocycles. The number of aliphatic hydroxyl groups excluding tert-OH is 1. The van der Waals surface area contributed by atoms with E-state index in [1.165, 1.54) is 0 Å². The van der Waals surface area contributed by atoms with Crippen molar-refractivity contribution in [2.45, 2.75) is 78.6 Å².